The lowest BCUT2D eigenvalue weighted by molar-refractivity contribution is -2.00. The zero-order chi connectivity index (χ0) is 12.2. The van der Waals surface area contributed by atoms with E-state index in [0.29, 0.717) is 0 Å². The van der Waals surface area contributed by atoms with Crippen molar-refractivity contribution in [3.63, 3.8) is 0 Å². The Kier molecular flexibility index (Phi) is 4.87. The van der Waals surface area contributed by atoms with E-state index in [2.05, 4.69) is 4.98 Å². The largest absolute Gasteiger partial charge is 0.493 e. The SMILES string of the molecule is Oc1csc([NH+]2CCCC2)n1.[O-][Cl+3]([O-])([O-])[O-]. The summed E-state index contributed by atoms with van der Waals surface area (Å²) < 4.78 is 34.0. The number of quaternary nitrogens is 1. The van der Waals surface area contributed by atoms with Crippen LogP contribution in [0.25, 0.3) is 0 Å². The molecule has 1 fully saturated rings. The van der Waals surface area contributed by atoms with E-state index in [1.807, 2.05) is 0 Å². The lowest BCUT2D eigenvalue weighted by Gasteiger charge is -2.17. The molecule has 9 heteroatoms. The van der Waals surface area contributed by atoms with Crippen LogP contribution in [0, 0.1) is 10.2 Å². The molecule has 0 aliphatic carbocycles. The van der Waals surface area contributed by atoms with Gasteiger partial charge < -0.3 is 5.11 Å². The number of hydrogen-bond acceptors (Lipinski definition) is 7. The standard InChI is InChI=1S/C7H10N2OS.ClHO4/c10-6-5-11-7(8-6)9-3-1-2-4-9;2-1(3,4)5/h5,10H,1-4H2;(H,2,3,4,5). The molecule has 0 spiro atoms. The van der Waals surface area contributed by atoms with Gasteiger partial charge in [0.25, 0.3) is 5.13 Å². The number of aromatic nitrogens is 1. The Morgan fingerprint density at radius 2 is 1.75 bits per heavy atom. The van der Waals surface area contributed by atoms with Crippen LogP contribution in [-0.2, 0) is 0 Å². The van der Waals surface area contributed by atoms with Gasteiger partial charge >= 0.3 is 0 Å². The van der Waals surface area contributed by atoms with Crippen molar-refractivity contribution >= 4 is 16.5 Å². The first kappa shape index (κ1) is 13.6. The van der Waals surface area contributed by atoms with E-state index in [0.717, 1.165) is 5.13 Å². The van der Waals surface area contributed by atoms with Crippen molar-refractivity contribution in [1.29, 1.82) is 0 Å². The van der Waals surface area contributed by atoms with Gasteiger partial charge in [0.1, 0.15) is 0 Å². The van der Waals surface area contributed by atoms with Crippen LogP contribution in [0.15, 0.2) is 5.38 Å². The summed E-state index contributed by atoms with van der Waals surface area (Å²) in [6, 6.07) is 0. The maximum Gasteiger partial charge on any atom is 0.287 e. The van der Waals surface area contributed by atoms with Crippen molar-refractivity contribution in [2.45, 2.75) is 12.8 Å². The second-order valence-electron chi connectivity index (χ2n) is 3.20. The third-order valence-electron chi connectivity index (χ3n) is 2.00. The molecule has 16 heavy (non-hydrogen) atoms. The Balaban J connectivity index is 0.000000221. The third kappa shape index (κ3) is 5.56. The molecule has 1 aliphatic rings. The first-order valence-electron chi connectivity index (χ1n) is 4.47. The molecule has 2 N–H and O–H groups in total. The Hall–Kier alpha value is -0.480. The Morgan fingerprint density at radius 3 is 2.12 bits per heavy atom. The molecule has 2 heterocycles. The molecular formula is C7H11ClN2O5S. The topological polar surface area (TPSA) is 130 Å². The molecule has 0 aromatic carbocycles. The van der Waals surface area contributed by atoms with E-state index in [4.69, 9.17) is 23.7 Å². The second kappa shape index (κ2) is 5.73. The predicted molar refractivity (Wildman–Crippen MR) is 43.4 cm³/mol. The number of halogens is 1. The molecule has 0 atom stereocenters. The molecule has 1 saturated heterocycles. The first-order chi connectivity index (χ1) is 7.36. The van der Waals surface area contributed by atoms with Crippen molar-refractivity contribution in [1.82, 2.24) is 4.98 Å². The number of nitrogens with zero attached hydrogens (tertiary/aromatic N) is 1. The van der Waals surface area contributed by atoms with E-state index >= 15 is 0 Å². The minimum atomic E-state index is -4.94. The predicted octanol–water partition coefficient (Wildman–Crippen LogP) is -4.60. The number of thiazole rings is 1. The molecular weight excluding hydrogens is 260 g/mol. The monoisotopic (exact) mass is 270 g/mol. The molecule has 1 aromatic rings. The lowest BCUT2D eigenvalue weighted by Crippen LogP contribution is -3.04. The average molecular weight is 271 g/mol. The summed E-state index contributed by atoms with van der Waals surface area (Å²) in [5.74, 6) is 0.171. The van der Waals surface area contributed by atoms with E-state index in [9.17, 15) is 0 Å². The highest BCUT2D eigenvalue weighted by Gasteiger charge is 2.20. The highest BCUT2D eigenvalue weighted by molar-refractivity contribution is 7.13. The molecule has 1 aromatic heterocycles. The van der Waals surface area contributed by atoms with Crippen molar-refractivity contribution in [2.24, 2.45) is 0 Å². The van der Waals surface area contributed by atoms with Crippen LogP contribution in [0.5, 0.6) is 5.88 Å². The summed E-state index contributed by atoms with van der Waals surface area (Å²) >= 11 is 1.55. The molecule has 1 aliphatic heterocycles. The summed E-state index contributed by atoms with van der Waals surface area (Å²) in [4.78, 5) is 5.46. The van der Waals surface area contributed by atoms with Crippen LogP contribution >= 0.6 is 11.3 Å². The zero-order valence-corrected chi connectivity index (χ0v) is 9.79. The van der Waals surface area contributed by atoms with Gasteiger partial charge in [-0.1, -0.05) is 11.3 Å². The minimum Gasteiger partial charge on any atom is -0.493 e. The van der Waals surface area contributed by atoms with Crippen molar-refractivity contribution in [3.05, 3.63) is 5.38 Å². The molecule has 0 amide bonds. The molecule has 0 unspecified atom stereocenters. The quantitative estimate of drug-likeness (QED) is 0.528. The maximum absolute atomic E-state index is 9.00. The molecule has 0 bridgehead atoms. The van der Waals surface area contributed by atoms with E-state index in [1.54, 1.807) is 16.7 Å². The average Bonchev–Trinajstić information content (AvgIpc) is 2.69. The van der Waals surface area contributed by atoms with E-state index in [1.165, 1.54) is 30.8 Å². The smallest absolute Gasteiger partial charge is 0.287 e. The molecule has 92 valence electrons. The van der Waals surface area contributed by atoms with Crippen LogP contribution in [0.1, 0.15) is 12.8 Å². The summed E-state index contributed by atoms with van der Waals surface area (Å²) in [5, 5.41) is 11.7. The first-order valence-corrected chi connectivity index (χ1v) is 6.59. The summed E-state index contributed by atoms with van der Waals surface area (Å²) in [5.41, 5.74) is 0. The van der Waals surface area contributed by atoms with Gasteiger partial charge in [0, 0.05) is 12.8 Å². The molecule has 0 saturated carbocycles. The number of hydrogen-bond donors (Lipinski definition) is 2. The Labute approximate surface area is 97.9 Å². The van der Waals surface area contributed by atoms with Crippen molar-refractivity contribution < 1.29 is 38.9 Å². The van der Waals surface area contributed by atoms with Crippen LogP contribution < -0.4 is 23.5 Å². The summed E-state index contributed by atoms with van der Waals surface area (Å²) in [6.07, 6.45) is 2.57. The highest BCUT2D eigenvalue weighted by atomic mass is 35.7. The van der Waals surface area contributed by atoms with Gasteiger partial charge in [-0.2, -0.15) is 0 Å². The molecule has 2 rings (SSSR count). The van der Waals surface area contributed by atoms with Crippen LogP contribution in [-0.4, -0.2) is 23.2 Å². The fraction of sp³-hybridized carbons (Fsp3) is 0.571. The second-order valence-corrected chi connectivity index (χ2v) is 4.81. The normalized spacial score (nSPS) is 17.0. The Bertz CT molecular complexity index is 317. The Morgan fingerprint density at radius 1 is 1.25 bits per heavy atom. The van der Waals surface area contributed by atoms with Gasteiger partial charge in [-0.15, -0.1) is 15.2 Å². The van der Waals surface area contributed by atoms with Crippen molar-refractivity contribution in [3.8, 4) is 5.88 Å². The summed E-state index contributed by atoms with van der Waals surface area (Å²) in [7, 11) is -4.94. The molecule has 0 radical (unpaired) electrons. The summed E-state index contributed by atoms with van der Waals surface area (Å²) in [6.45, 7) is 2.35. The number of aromatic hydroxyl groups is 1. The van der Waals surface area contributed by atoms with Crippen LogP contribution in [0.4, 0.5) is 5.13 Å². The van der Waals surface area contributed by atoms with Gasteiger partial charge in [0.15, 0.2) is 0 Å². The number of rotatable bonds is 1. The van der Waals surface area contributed by atoms with Crippen LogP contribution in [0.3, 0.4) is 0 Å². The highest BCUT2D eigenvalue weighted by Crippen LogP contribution is 2.16. The van der Waals surface area contributed by atoms with E-state index < -0.39 is 10.2 Å². The molecule has 7 nitrogen and oxygen atoms in total. The van der Waals surface area contributed by atoms with E-state index in [-0.39, 0.29) is 5.88 Å². The van der Waals surface area contributed by atoms with Gasteiger partial charge in [-0.3, -0.25) is 4.90 Å². The van der Waals surface area contributed by atoms with Gasteiger partial charge in [0.05, 0.1) is 18.5 Å². The van der Waals surface area contributed by atoms with Gasteiger partial charge in [0.2, 0.25) is 5.88 Å². The number of nitrogens with one attached hydrogen (secondary N) is 1. The van der Waals surface area contributed by atoms with Crippen molar-refractivity contribution in [2.75, 3.05) is 13.1 Å². The zero-order valence-electron chi connectivity index (χ0n) is 8.22. The minimum absolute atomic E-state index is 0.171. The maximum atomic E-state index is 9.00. The van der Waals surface area contributed by atoms with Gasteiger partial charge in [-0.05, 0) is 0 Å². The lowest BCUT2D eigenvalue weighted by atomic mass is 10.4. The van der Waals surface area contributed by atoms with Crippen LogP contribution in [0.2, 0.25) is 0 Å². The third-order valence-corrected chi connectivity index (χ3v) is 2.93. The fourth-order valence-corrected chi connectivity index (χ4v) is 2.23. The van der Waals surface area contributed by atoms with Gasteiger partial charge in [-0.25, -0.2) is 18.6 Å². The fourth-order valence-electron chi connectivity index (χ4n) is 1.44.